The highest BCUT2D eigenvalue weighted by atomic mass is 35.5. The smallest absolute Gasteiger partial charge is 0.128 e. The maximum atomic E-state index is 13.6. The highest BCUT2D eigenvalue weighted by Gasteiger charge is 2.16. The fourth-order valence-corrected chi connectivity index (χ4v) is 2.49. The normalized spacial score (nSPS) is 13.1. The number of aromatic nitrogens is 2. The lowest BCUT2D eigenvalue weighted by Crippen LogP contribution is -2.04. The van der Waals surface area contributed by atoms with Gasteiger partial charge in [-0.3, -0.25) is 0 Å². The van der Waals surface area contributed by atoms with Crippen molar-refractivity contribution in [2.24, 2.45) is 0 Å². The molecule has 0 aliphatic carbocycles. The molecule has 1 atom stereocenters. The third-order valence-electron chi connectivity index (χ3n) is 3.40. The lowest BCUT2D eigenvalue weighted by atomic mass is 10.2. The Labute approximate surface area is 118 Å². The minimum atomic E-state index is -0.209. The summed E-state index contributed by atoms with van der Waals surface area (Å²) in [7, 11) is 0. The Bertz CT molecular complexity index is 575. The fraction of sp³-hybridized carbons (Fsp3) is 0.533. The van der Waals surface area contributed by atoms with Crippen molar-refractivity contribution in [1.82, 2.24) is 9.55 Å². The van der Waals surface area contributed by atoms with Crippen LogP contribution in [-0.4, -0.2) is 9.55 Å². The van der Waals surface area contributed by atoms with E-state index in [1.807, 2.05) is 13.0 Å². The van der Waals surface area contributed by atoms with Crippen LogP contribution in [0.4, 0.5) is 4.39 Å². The average Bonchev–Trinajstić information content (AvgIpc) is 2.69. The summed E-state index contributed by atoms with van der Waals surface area (Å²) >= 11 is 6.20. The number of unbranched alkanes of at least 4 members (excludes halogenated alkanes) is 2. The fourth-order valence-electron chi connectivity index (χ4n) is 2.33. The summed E-state index contributed by atoms with van der Waals surface area (Å²) in [6.07, 6.45) is 3.44. The monoisotopic (exact) mass is 282 g/mol. The molecule has 19 heavy (non-hydrogen) atoms. The Morgan fingerprint density at radius 3 is 2.74 bits per heavy atom. The second kappa shape index (κ2) is 5.91. The van der Waals surface area contributed by atoms with Crippen molar-refractivity contribution < 1.29 is 4.39 Å². The maximum Gasteiger partial charge on any atom is 0.128 e. The van der Waals surface area contributed by atoms with Crippen LogP contribution in [0, 0.1) is 12.7 Å². The number of rotatable bonds is 5. The van der Waals surface area contributed by atoms with Crippen molar-refractivity contribution in [3.8, 4) is 0 Å². The van der Waals surface area contributed by atoms with Gasteiger partial charge in [0.15, 0.2) is 0 Å². The van der Waals surface area contributed by atoms with Gasteiger partial charge < -0.3 is 4.57 Å². The lowest BCUT2D eigenvalue weighted by molar-refractivity contribution is 0.591. The van der Waals surface area contributed by atoms with E-state index in [4.69, 9.17) is 11.6 Å². The zero-order valence-corrected chi connectivity index (χ0v) is 12.5. The summed E-state index contributed by atoms with van der Waals surface area (Å²) in [5.41, 5.74) is 2.33. The summed E-state index contributed by atoms with van der Waals surface area (Å²) in [5, 5.41) is -0.169. The summed E-state index contributed by atoms with van der Waals surface area (Å²) in [6, 6.07) is 3.37. The van der Waals surface area contributed by atoms with E-state index in [1.54, 1.807) is 6.92 Å². The van der Waals surface area contributed by atoms with Crippen molar-refractivity contribution >= 4 is 22.6 Å². The van der Waals surface area contributed by atoms with Crippen molar-refractivity contribution in [3.05, 3.63) is 29.3 Å². The number of imidazole rings is 1. The topological polar surface area (TPSA) is 17.8 Å². The van der Waals surface area contributed by atoms with Gasteiger partial charge in [-0.2, -0.15) is 0 Å². The molecule has 4 heteroatoms. The van der Waals surface area contributed by atoms with Gasteiger partial charge in [0.25, 0.3) is 0 Å². The predicted molar refractivity (Wildman–Crippen MR) is 78.2 cm³/mol. The van der Waals surface area contributed by atoms with Gasteiger partial charge in [-0.05, 0) is 31.9 Å². The Morgan fingerprint density at radius 1 is 1.37 bits per heavy atom. The molecule has 2 aromatic rings. The molecule has 1 heterocycles. The molecule has 0 radical (unpaired) electrons. The molecule has 0 spiro atoms. The van der Waals surface area contributed by atoms with Crippen LogP contribution in [0.5, 0.6) is 0 Å². The molecule has 104 valence electrons. The van der Waals surface area contributed by atoms with Crippen LogP contribution in [0.15, 0.2) is 12.1 Å². The van der Waals surface area contributed by atoms with E-state index in [1.165, 1.54) is 18.9 Å². The van der Waals surface area contributed by atoms with Gasteiger partial charge in [0.1, 0.15) is 11.6 Å². The van der Waals surface area contributed by atoms with E-state index in [2.05, 4.69) is 16.5 Å². The number of nitrogens with zero attached hydrogens (tertiary/aromatic N) is 2. The maximum absolute atomic E-state index is 13.6. The van der Waals surface area contributed by atoms with Crippen LogP contribution < -0.4 is 0 Å². The Morgan fingerprint density at radius 2 is 2.11 bits per heavy atom. The quantitative estimate of drug-likeness (QED) is 0.559. The van der Waals surface area contributed by atoms with Gasteiger partial charge >= 0.3 is 0 Å². The van der Waals surface area contributed by atoms with Gasteiger partial charge in [0, 0.05) is 12.6 Å². The molecule has 0 aliphatic rings. The SMILES string of the molecule is CCCCCn1c(C(C)Cl)nc2cc(F)c(C)cc21. The van der Waals surface area contributed by atoms with Crippen LogP contribution >= 0.6 is 11.6 Å². The van der Waals surface area contributed by atoms with E-state index >= 15 is 0 Å². The molecule has 1 aromatic carbocycles. The summed E-state index contributed by atoms with van der Waals surface area (Å²) in [6.45, 7) is 6.75. The van der Waals surface area contributed by atoms with Crippen LogP contribution in [0.2, 0.25) is 0 Å². The number of fused-ring (bicyclic) bond motifs is 1. The number of alkyl halides is 1. The van der Waals surface area contributed by atoms with E-state index < -0.39 is 0 Å². The minimum absolute atomic E-state index is 0.169. The van der Waals surface area contributed by atoms with Gasteiger partial charge in [0.05, 0.1) is 16.4 Å². The molecule has 0 bridgehead atoms. The molecule has 1 aromatic heterocycles. The zero-order valence-electron chi connectivity index (χ0n) is 11.7. The zero-order chi connectivity index (χ0) is 14.0. The van der Waals surface area contributed by atoms with Crippen LogP contribution in [0.1, 0.15) is 49.9 Å². The van der Waals surface area contributed by atoms with Crippen molar-refractivity contribution in [2.45, 2.75) is 52.0 Å². The molecule has 0 saturated carbocycles. The Hall–Kier alpha value is -1.09. The second-order valence-electron chi connectivity index (χ2n) is 5.03. The predicted octanol–water partition coefficient (Wildman–Crippen LogP) is 4.97. The first-order valence-electron chi connectivity index (χ1n) is 6.85. The number of halogens is 2. The Balaban J connectivity index is 2.49. The van der Waals surface area contributed by atoms with Gasteiger partial charge in [-0.25, -0.2) is 9.37 Å². The van der Waals surface area contributed by atoms with Crippen molar-refractivity contribution in [2.75, 3.05) is 0 Å². The largest absolute Gasteiger partial charge is 0.327 e. The summed E-state index contributed by atoms with van der Waals surface area (Å²) < 4.78 is 15.7. The van der Waals surface area contributed by atoms with E-state index in [0.29, 0.717) is 11.1 Å². The molecule has 1 unspecified atom stereocenters. The van der Waals surface area contributed by atoms with Gasteiger partial charge in [-0.15, -0.1) is 11.6 Å². The van der Waals surface area contributed by atoms with E-state index in [-0.39, 0.29) is 11.2 Å². The third-order valence-corrected chi connectivity index (χ3v) is 3.59. The number of benzene rings is 1. The molecule has 2 rings (SSSR count). The van der Waals surface area contributed by atoms with Gasteiger partial charge in [0.2, 0.25) is 0 Å². The molecule has 0 fully saturated rings. The summed E-state index contributed by atoms with van der Waals surface area (Å²) in [5.74, 6) is 0.622. The van der Waals surface area contributed by atoms with Crippen LogP contribution in [-0.2, 0) is 6.54 Å². The number of aryl methyl sites for hydroxylation is 2. The molecule has 0 amide bonds. The molecule has 2 nitrogen and oxygen atoms in total. The van der Waals surface area contributed by atoms with Crippen LogP contribution in [0.25, 0.3) is 11.0 Å². The highest BCUT2D eigenvalue weighted by Crippen LogP contribution is 2.26. The highest BCUT2D eigenvalue weighted by molar-refractivity contribution is 6.20. The Kier molecular flexibility index (Phi) is 4.46. The standard InChI is InChI=1S/C15H20ClFN2/c1-4-5-6-7-19-14-8-10(2)12(17)9-13(14)18-15(19)11(3)16/h8-9,11H,4-7H2,1-3H3. The molecule has 0 aliphatic heterocycles. The van der Waals surface area contributed by atoms with E-state index in [9.17, 15) is 4.39 Å². The average molecular weight is 283 g/mol. The molecular formula is C15H20ClFN2. The second-order valence-corrected chi connectivity index (χ2v) is 5.69. The number of hydrogen-bond donors (Lipinski definition) is 0. The van der Waals surface area contributed by atoms with Crippen molar-refractivity contribution in [3.63, 3.8) is 0 Å². The molecule has 0 saturated heterocycles. The minimum Gasteiger partial charge on any atom is -0.327 e. The van der Waals surface area contributed by atoms with Crippen molar-refractivity contribution in [1.29, 1.82) is 0 Å². The number of hydrogen-bond acceptors (Lipinski definition) is 1. The first kappa shape index (κ1) is 14.3. The molecular weight excluding hydrogens is 263 g/mol. The lowest BCUT2D eigenvalue weighted by Gasteiger charge is -2.10. The van der Waals surface area contributed by atoms with Crippen LogP contribution in [0.3, 0.4) is 0 Å². The molecule has 0 N–H and O–H groups in total. The summed E-state index contributed by atoms with van der Waals surface area (Å²) in [4.78, 5) is 4.48. The first-order chi connectivity index (χ1) is 9.04. The first-order valence-corrected chi connectivity index (χ1v) is 7.28. The van der Waals surface area contributed by atoms with E-state index in [0.717, 1.165) is 24.3 Å². The third kappa shape index (κ3) is 2.92. The van der Waals surface area contributed by atoms with Gasteiger partial charge in [-0.1, -0.05) is 19.8 Å².